The molecule has 1 rings (SSSR count). The van der Waals surface area contributed by atoms with Crippen molar-refractivity contribution in [2.75, 3.05) is 19.0 Å². The van der Waals surface area contributed by atoms with Crippen molar-refractivity contribution < 1.29 is 4.39 Å². The van der Waals surface area contributed by atoms with Crippen LogP contribution in [0.4, 0.5) is 10.1 Å². The highest BCUT2D eigenvalue weighted by Crippen LogP contribution is 2.10. The molecular weight excluding hydrogens is 129 g/mol. The summed E-state index contributed by atoms with van der Waals surface area (Å²) >= 11 is 0. The summed E-state index contributed by atoms with van der Waals surface area (Å²) < 4.78 is 12.5. The number of hydrogen-bond acceptors (Lipinski definition) is 1. The summed E-state index contributed by atoms with van der Waals surface area (Å²) in [5.74, 6) is -0.244. The zero-order valence-electron chi connectivity index (χ0n) is 6.06. The predicted molar refractivity (Wildman–Crippen MR) is 39.6 cm³/mol. The Morgan fingerprint density at radius 2 is 2.10 bits per heavy atom. The molecule has 0 atom stereocenters. The van der Waals surface area contributed by atoms with E-state index in [1.54, 1.807) is 6.07 Å². The molecule has 0 aliphatic carbocycles. The minimum Gasteiger partial charge on any atom is -0.378 e. The van der Waals surface area contributed by atoms with Gasteiger partial charge in [-0.15, -0.1) is 0 Å². The average molecular weight is 138 g/mol. The van der Waals surface area contributed by atoms with Gasteiger partial charge < -0.3 is 4.90 Å². The standard InChI is InChI=1S/C8H9FN/c1-10(2)8-5-3-4-7(9)6-8/h4-6H,1-2H3. The highest BCUT2D eigenvalue weighted by molar-refractivity contribution is 5.43. The maximum absolute atomic E-state index is 12.5. The van der Waals surface area contributed by atoms with Crippen LogP contribution in [0.15, 0.2) is 18.2 Å². The molecule has 0 bridgehead atoms. The Morgan fingerprint density at radius 1 is 1.40 bits per heavy atom. The molecule has 10 heavy (non-hydrogen) atoms. The Kier molecular flexibility index (Phi) is 1.90. The van der Waals surface area contributed by atoms with Crippen LogP contribution in [0.3, 0.4) is 0 Å². The van der Waals surface area contributed by atoms with E-state index < -0.39 is 0 Å². The van der Waals surface area contributed by atoms with E-state index in [0.29, 0.717) is 0 Å². The van der Waals surface area contributed by atoms with Gasteiger partial charge in [0.15, 0.2) is 0 Å². The van der Waals surface area contributed by atoms with E-state index in [4.69, 9.17) is 0 Å². The second-order valence-electron chi connectivity index (χ2n) is 2.30. The van der Waals surface area contributed by atoms with Gasteiger partial charge in [0.2, 0.25) is 0 Å². The zero-order valence-corrected chi connectivity index (χ0v) is 6.06. The van der Waals surface area contributed by atoms with Gasteiger partial charge in [-0.05, 0) is 24.3 Å². The largest absolute Gasteiger partial charge is 0.378 e. The minimum atomic E-state index is -0.244. The van der Waals surface area contributed by atoms with E-state index in [-0.39, 0.29) is 5.82 Å². The SMILES string of the molecule is CN(C)c1c[c]cc(F)c1. The van der Waals surface area contributed by atoms with Crippen molar-refractivity contribution in [3.8, 4) is 0 Å². The van der Waals surface area contributed by atoms with E-state index in [1.807, 2.05) is 19.0 Å². The Bertz CT molecular complexity index is 220. The van der Waals surface area contributed by atoms with Gasteiger partial charge in [0.1, 0.15) is 5.82 Å². The van der Waals surface area contributed by atoms with Crippen molar-refractivity contribution in [2.45, 2.75) is 0 Å². The lowest BCUT2D eigenvalue weighted by Crippen LogP contribution is -2.08. The molecule has 0 N–H and O–H groups in total. The molecule has 1 radical (unpaired) electrons. The fourth-order valence-electron chi connectivity index (χ4n) is 0.689. The number of hydrogen-bond donors (Lipinski definition) is 0. The molecule has 1 nitrogen and oxygen atoms in total. The monoisotopic (exact) mass is 138 g/mol. The third-order valence-electron chi connectivity index (χ3n) is 1.25. The molecule has 0 amide bonds. The molecular formula is C8H9FN. The first-order valence-corrected chi connectivity index (χ1v) is 3.04. The molecule has 0 aliphatic rings. The van der Waals surface area contributed by atoms with Gasteiger partial charge >= 0.3 is 0 Å². The van der Waals surface area contributed by atoms with Gasteiger partial charge in [0, 0.05) is 19.8 Å². The summed E-state index contributed by atoms with van der Waals surface area (Å²) in [6.45, 7) is 0. The van der Waals surface area contributed by atoms with E-state index in [0.717, 1.165) is 5.69 Å². The predicted octanol–water partition coefficient (Wildman–Crippen LogP) is 1.69. The third kappa shape index (κ3) is 1.47. The van der Waals surface area contributed by atoms with Crippen molar-refractivity contribution >= 4 is 5.69 Å². The first-order chi connectivity index (χ1) is 4.70. The summed E-state index contributed by atoms with van der Waals surface area (Å²) in [6.07, 6.45) is 0. The number of benzene rings is 1. The van der Waals surface area contributed by atoms with Gasteiger partial charge in [-0.2, -0.15) is 0 Å². The molecule has 0 saturated carbocycles. The Morgan fingerprint density at radius 3 is 2.50 bits per heavy atom. The first-order valence-electron chi connectivity index (χ1n) is 3.04. The molecule has 2 heteroatoms. The molecule has 0 spiro atoms. The van der Waals surface area contributed by atoms with E-state index >= 15 is 0 Å². The van der Waals surface area contributed by atoms with Crippen LogP contribution in [-0.2, 0) is 0 Å². The van der Waals surface area contributed by atoms with Crippen LogP contribution in [0, 0.1) is 11.9 Å². The molecule has 1 aromatic rings. The highest BCUT2D eigenvalue weighted by atomic mass is 19.1. The van der Waals surface area contributed by atoms with Crippen LogP contribution < -0.4 is 4.90 Å². The van der Waals surface area contributed by atoms with Crippen LogP contribution in [-0.4, -0.2) is 14.1 Å². The Hall–Kier alpha value is -1.05. The summed E-state index contributed by atoms with van der Waals surface area (Å²) in [5, 5.41) is 0. The lowest BCUT2D eigenvalue weighted by Gasteiger charge is -2.10. The number of rotatable bonds is 1. The summed E-state index contributed by atoms with van der Waals surface area (Å²) in [6, 6.07) is 7.21. The Balaban J connectivity index is 2.96. The van der Waals surface area contributed by atoms with Crippen LogP contribution in [0.25, 0.3) is 0 Å². The number of halogens is 1. The molecule has 0 heterocycles. The third-order valence-corrected chi connectivity index (χ3v) is 1.25. The number of anilines is 1. The van der Waals surface area contributed by atoms with Gasteiger partial charge in [0.05, 0.1) is 0 Å². The summed E-state index contributed by atoms with van der Waals surface area (Å²) in [5.41, 5.74) is 0.833. The lowest BCUT2D eigenvalue weighted by atomic mass is 10.3. The van der Waals surface area contributed by atoms with Gasteiger partial charge in [-0.1, -0.05) is 0 Å². The van der Waals surface area contributed by atoms with Crippen molar-refractivity contribution in [2.24, 2.45) is 0 Å². The fourth-order valence-corrected chi connectivity index (χ4v) is 0.689. The molecule has 0 aromatic heterocycles. The van der Waals surface area contributed by atoms with Gasteiger partial charge in [-0.25, -0.2) is 4.39 Å². The second-order valence-corrected chi connectivity index (χ2v) is 2.30. The molecule has 0 fully saturated rings. The first kappa shape index (κ1) is 7.06. The molecule has 0 aliphatic heterocycles. The molecule has 0 saturated heterocycles. The molecule has 0 unspecified atom stereocenters. The minimum absolute atomic E-state index is 0.244. The van der Waals surface area contributed by atoms with Gasteiger partial charge in [0.25, 0.3) is 0 Å². The highest BCUT2D eigenvalue weighted by Gasteiger charge is 1.94. The fraction of sp³-hybridized carbons (Fsp3) is 0.250. The van der Waals surface area contributed by atoms with Gasteiger partial charge in [-0.3, -0.25) is 0 Å². The topological polar surface area (TPSA) is 3.24 Å². The Labute approximate surface area is 60.1 Å². The average Bonchev–Trinajstić information content (AvgIpc) is 1.88. The van der Waals surface area contributed by atoms with Crippen LogP contribution in [0.5, 0.6) is 0 Å². The van der Waals surface area contributed by atoms with Crippen molar-refractivity contribution in [1.82, 2.24) is 0 Å². The van der Waals surface area contributed by atoms with E-state index in [9.17, 15) is 4.39 Å². The van der Waals surface area contributed by atoms with Crippen molar-refractivity contribution in [1.29, 1.82) is 0 Å². The van der Waals surface area contributed by atoms with E-state index in [1.165, 1.54) is 12.1 Å². The van der Waals surface area contributed by atoms with Crippen LogP contribution in [0.2, 0.25) is 0 Å². The maximum atomic E-state index is 12.5. The second kappa shape index (κ2) is 2.69. The van der Waals surface area contributed by atoms with Crippen LogP contribution in [0.1, 0.15) is 0 Å². The smallest absolute Gasteiger partial charge is 0.125 e. The lowest BCUT2D eigenvalue weighted by molar-refractivity contribution is 0.627. The van der Waals surface area contributed by atoms with Crippen molar-refractivity contribution in [3.05, 3.63) is 30.1 Å². The van der Waals surface area contributed by atoms with E-state index in [2.05, 4.69) is 6.07 Å². The molecule has 53 valence electrons. The zero-order chi connectivity index (χ0) is 7.56. The quantitative estimate of drug-likeness (QED) is 0.570. The number of nitrogens with zero attached hydrogens (tertiary/aromatic N) is 1. The summed E-state index contributed by atoms with van der Waals surface area (Å²) in [7, 11) is 3.73. The van der Waals surface area contributed by atoms with Crippen molar-refractivity contribution in [3.63, 3.8) is 0 Å². The normalized spacial score (nSPS) is 9.50. The molecule has 1 aromatic carbocycles. The van der Waals surface area contributed by atoms with Crippen LogP contribution >= 0.6 is 0 Å². The summed E-state index contributed by atoms with van der Waals surface area (Å²) in [4.78, 5) is 1.83. The maximum Gasteiger partial charge on any atom is 0.125 e.